The van der Waals surface area contributed by atoms with Crippen LogP contribution in [-0.2, 0) is 13.1 Å². The van der Waals surface area contributed by atoms with Gasteiger partial charge in [-0.3, -0.25) is 0 Å². The van der Waals surface area contributed by atoms with E-state index < -0.39 is 0 Å². The van der Waals surface area contributed by atoms with Crippen molar-refractivity contribution in [1.82, 2.24) is 10.2 Å². The summed E-state index contributed by atoms with van der Waals surface area (Å²) >= 11 is 0. The predicted octanol–water partition coefficient (Wildman–Crippen LogP) is 1.84. The van der Waals surface area contributed by atoms with Gasteiger partial charge in [0.1, 0.15) is 0 Å². The van der Waals surface area contributed by atoms with Gasteiger partial charge in [-0.15, -0.1) is 0 Å². The molecule has 0 unspecified atom stereocenters. The molecule has 0 aromatic heterocycles. The van der Waals surface area contributed by atoms with E-state index in [-0.39, 0.29) is 6.03 Å². The number of nitrogens with zero attached hydrogens (tertiary/aromatic N) is 1. The quantitative estimate of drug-likeness (QED) is 0.735. The molecule has 1 aromatic rings. The second kappa shape index (κ2) is 6.40. The third-order valence-corrected chi connectivity index (χ3v) is 3.42. The zero-order valence-corrected chi connectivity index (χ0v) is 10.7. The molecule has 0 saturated carbocycles. The summed E-state index contributed by atoms with van der Waals surface area (Å²) < 4.78 is 0. The molecule has 18 heavy (non-hydrogen) atoms. The number of carbonyl (C=O) groups excluding carboxylic acids is 1. The molecule has 2 aliphatic heterocycles. The molecule has 0 radical (unpaired) electrons. The number of piperidine rings is 1. The van der Waals surface area contributed by atoms with Gasteiger partial charge in [-0.05, 0) is 30.4 Å². The number of nitrogens with one attached hydrogen (secondary N) is 1. The van der Waals surface area contributed by atoms with E-state index in [2.05, 4.69) is 29.6 Å². The molecule has 1 saturated heterocycles. The molecule has 0 aliphatic carbocycles. The van der Waals surface area contributed by atoms with Gasteiger partial charge < -0.3 is 16.0 Å². The average Bonchev–Trinajstić information content (AvgIpc) is 2.89. The fourth-order valence-corrected chi connectivity index (χ4v) is 2.35. The molecule has 3 N–H and O–H groups in total. The first-order valence-corrected chi connectivity index (χ1v) is 6.59. The van der Waals surface area contributed by atoms with Crippen LogP contribution in [0.3, 0.4) is 0 Å². The minimum absolute atomic E-state index is 0.269. The lowest BCUT2D eigenvalue weighted by molar-refractivity contribution is 0.196. The second-order valence-corrected chi connectivity index (χ2v) is 4.76. The number of rotatable bonds is 0. The minimum Gasteiger partial charge on any atom is -0.351 e. The van der Waals surface area contributed by atoms with Gasteiger partial charge in [0.2, 0.25) is 0 Å². The molecule has 2 amide bonds. The van der Waals surface area contributed by atoms with Crippen LogP contribution in [0.5, 0.6) is 0 Å². The number of hydrogen-bond donors (Lipinski definition) is 2. The van der Waals surface area contributed by atoms with Crippen molar-refractivity contribution in [2.24, 2.45) is 5.73 Å². The molecule has 4 nitrogen and oxygen atoms in total. The first-order valence-electron chi connectivity index (χ1n) is 6.59. The molecular formula is C14H21N3O. The highest BCUT2D eigenvalue weighted by Gasteiger charge is 2.11. The SMILES string of the molecule is NC(=O)N1CCCCC1.c1ccc2c(c1)CNC2. The Bertz CT molecular complexity index is 377. The van der Waals surface area contributed by atoms with E-state index in [1.54, 1.807) is 4.90 Å². The topological polar surface area (TPSA) is 58.4 Å². The van der Waals surface area contributed by atoms with E-state index in [9.17, 15) is 4.79 Å². The van der Waals surface area contributed by atoms with Crippen molar-refractivity contribution >= 4 is 6.03 Å². The third-order valence-electron chi connectivity index (χ3n) is 3.42. The predicted molar refractivity (Wildman–Crippen MR) is 72.0 cm³/mol. The van der Waals surface area contributed by atoms with Crippen molar-refractivity contribution in [3.8, 4) is 0 Å². The molecule has 0 atom stereocenters. The van der Waals surface area contributed by atoms with Crippen molar-refractivity contribution in [2.45, 2.75) is 32.4 Å². The van der Waals surface area contributed by atoms with Gasteiger partial charge in [0.05, 0.1) is 0 Å². The molecule has 0 spiro atoms. The highest BCUT2D eigenvalue weighted by atomic mass is 16.2. The van der Waals surface area contributed by atoms with Gasteiger partial charge in [-0.25, -0.2) is 4.79 Å². The Morgan fingerprint density at radius 2 is 1.61 bits per heavy atom. The zero-order chi connectivity index (χ0) is 12.8. The van der Waals surface area contributed by atoms with Crippen LogP contribution in [0.25, 0.3) is 0 Å². The Balaban J connectivity index is 0.000000134. The summed E-state index contributed by atoms with van der Waals surface area (Å²) in [6, 6.07) is 8.26. The van der Waals surface area contributed by atoms with Crippen LogP contribution in [0, 0.1) is 0 Å². The first kappa shape index (κ1) is 12.9. The molecule has 3 rings (SSSR count). The summed E-state index contributed by atoms with van der Waals surface area (Å²) in [7, 11) is 0. The molecule has 1 aromatic carbocycles. The lowest BCUT2D eigenvalue weighted by atomic mass is 10.1. The number of hydrogen-bond acceptors (Lipinski definition) is 2. The summed E-state index contributed by atoms with van der Waals surface area (Å²) in [4.78, 5) is 12.2. The van der Waals surface area contributed by atoms with E-state index >= 15 is 0 Å². The Morgan fingerprint density at radius 3 is 2.06 bits per heavy atom. The number of amides is 2. The summed E-state index contributed by atoms with van der Waals surface area (Å²) in [5.74, 6) is 0. The molecule has 2 heterocycles. The van der Waals surface area contributed by atoms with Gasteiger partial charge in [0.15, 0.2) is 0 Å². The average molecular weight is 247 g/mol. The maximum Gasteiger partial charge on any atom is 0.314 e. The van der Waals surface area contributed by atoms with E-state index in [1.165, 1.54) is 17.5 Å². The van der Waals surface area contributed by atoms with Crippen LogP contribution in [-0.4, -0.2) is 24.0 Å². The summed E-state index contributed by atoms with van der Waals surface area (Å²) in [6.07, 6.45) is 3.47. The van der Waals surface area contributed by atoms with Gasteiger partial charge >= 0.3 is 6.03 Å². The van der Waals surface area contributed by atoms with E-state index in [0.717, 1.165) is 39.0 Å². The lowest BCUT2D eigenvalue weighted by Crippen LogP contribution is -2.39. The Labute approximate surface area is 108 Å². The van der Waals surface area contributed by atoms with Gasteiger partial charge in [0.25, 0.3) is 0 Å². The Hall–Kier alpha value is -1.55. The molecule has 1 fully saturated rings. The fourth-order valence-electron chi connectivity index (χ4n) is 2.35. The maximum atomic E-state index is 10.5. The fraction of sp³-hybridized carbons (Fsp3) is 0.500. The number of likely N-dealkylation sites (tertiary alicyclic amines) is 1. The summed E-state index contributed by atoms with van der Waals surface area (Å²) in [6.45, 7) is 3.82. The first-order chi connectivity index (χ1) is 8.77. The monoisotopic (exact) mass is 247 g/mol. The van der Waals surface area contributed by atoms with Crippen LogP contribution in [0.15, 0.2) is 24.3 Å². The van der Waals surface area contributed by atoms with E-state index in [1.807, 2.05) is 0 Å². The van der Waals surface area contributed by atoms with Crippen molar-refractivity contribution in [3.63, 3.8) is 0 Å². The highest BCUT2D eigenvalue weighted by Crippen LogP contribution is 2.13. The molecule has 2 aliphatic rings. The van der Waals surface area contributed by atoms with Crippen LogP contribution in [0.2, 0.25) is 0 Å². The van der Waals surface area contributed by atoms with Crippen LogP contribution in [0.4, 0.5) is 4.79 Å². The van der Waals surface area contributed by atoms with Gasteiger partial charge in [0, 0.05) is 26.2 Å². The smallest absolute Gasteiger partial charge is 0.314 e. The van der Waals surface area contributed by atoms with Crippen LogP contribution in [0.1, 0.15) is 30.4 Å². The van der Waals surface area contributed by atoms with Crippen molar-refractivity contribution in [2.75, 3.05) is 13.1 Å². The number of benzene rings is 1. The Morgan fingerprint density at radius 1 is 1.06 bits per heavy atom. The largest absolute Gasteiger partial charge is 0.351 e. The maximum absolute atomic E-state index is 10.5. The number of fused-ring (bicyclic) bond motifs is 1. The third kappa shape index (κ3) is 3.47. The standard InChI is InChI=1S/C8H9N.C6H12N2O/c1-2-4-8-6-9-5-7(8)3-1;7-6(9)8-4-2-1-3-5-8/h1-4,9H,5-6H2;1-5H2,(H2,7,9). The van der Waals surface area contributed by atoms with Crippen molar-refractivity contribution < 1.29 is 4.79 Å². The van der Waals surface area contributed by atoms with E-state index in [0.29, 0.717) is 0 Å². The van der Waals surface area contributed by atoms with Crippen molar-refractivity contribution in [3.05, 3.63) is 35.4 Å². The van der Waals surface area contributed by atoms with Gasteiger partial charge in [-0.1, -0.05) is 24.3 Å². The van der Waals surface area contributed by atoms with Crippen LogP contribution >= 0.6 is 0 Å². The number of nitrogens with two attached hydrogens (primary N) is 1. The Kier molecular flexibility index (Phi) is 4.59. The summed E-state index contributed by atoms with van der Waals surface area (Å²) in [5.41, 5.74) is 7.97. The number of carbonyl (C=O) groups is 1. The van der Waals surface area contributed by atoms with E-state index in [4.69, 9.17) is 5.73 Å². The van der Waals surface area contributed by atoms with Gasteiger partial charge in [-0.2, -0.15) is 0 Å². The molecule has 0 bridgehead atoms. The lowest BCUT2D eigenvalue weighted by Gasteiger charge is -2.24. The molecule has 98 valence electrons. The normalized spacial score (nSPS) is 17.7. The molecular weight excluding hydrogens is 226 g/mol. The minimum atomic E-state index is -0.269. The van der Waals surface area contributed by atoms with Crippen LogP contribution < -0.4 is 11.1 Å². The number of urea groups is 1. The molecule has 4 heteroatoms. The second-order valence-electron chi connectivity index (χ2n) is 4.76. The number of primary amides is 1. The highest BCUT2D eigenvalue weighted by molar-refractivity contribution is 5.71. The zero-order valence-electron chi connectivity index (χ0n) is 10.7. The van der Waals surface area contributed by atoms with Crippen molar-refractivity contribution in [1.29, 1.82) is 0 Å². The summed E-state index contributed by atoms with van der Waals surface area (Å²) in [5, 5.41) is 3.29.